The van der Waals surface area contributed by atoms with Gasteiger partial charge in [0.05, 0.1) is 30.6 Å². The van der Waals surface area contributed by atoms with E-state index >= 15 is 0 Å². The Kier molecular flexibility index (Phi) is 12.3. The Morgan fingerprint density at radius 3 is 2.42 bits per heavy atom. The Balaban J connectivity index is 1.91. The molecule has 0 aliphatic carbocycles. The molecule has 0 amide bonds. The van der Waals surface area contributed by atoms with Crippen LogP contribution >= 0.6 is 0 Å². The summed E-state index contributed by atoms with van der Waals surface area (Å²) in [6.45, 7) is 9.41. The third-order valence-corrected chi connectivity index (χ3v) is 9.03. The minimum Gasteiger partial charge on any atom is -0.493 e. The molecule has 0 radical (unpaired) electrons. The highest BCUT2D eigenvalue weighted by Gasteiger charge is 2.43. The number of nitrogens with one attached hydrogen (secondary N) is 1. The van der Waals surface area contributed by atoms with E-state index in [1.54, 1.807) is 14.2 Å². The zero-order chi connectivity index (χ0) is 31.7. The van der Waals surface area contributed by atoms with Gasteiger partial charge in [-0.3, -0.25) is 19.8 Å². The standard InChI is InChI=1S/C30H43N3O9S/c1-20(2)23-17-27(42-30(23)34)24(31-43(37,38)29-11-8-7-10-25(29)33(35)36)19-32(21(3)4)18-22-12-13-26(40-6)28(16-22)41-15-9-14-39-5/h7-8,10-13,16,20-21,23-24,27,31H,9,14-15,17-19H2,1-6H3/t23-,24-,27-/m0/s1. The molecule has 1 heterocycles. The van der Waals surface area contributed by atoms with Gasteiger partial charge in [0.15, 0.2) is 16.4 Å². The van der Waals surface area contributed by atoms with Gasteiger partial charge in [0, 0.05) is 45.3 Å². The number of sulfonamides is 1. The number of cyclic esters (lactones) is 1. The Morgan fingerprint density at radius 1 is 1.09 bits per heavy atom. The maximum absolute atomic E-state index is 13.6. The molecule has 0 saturated carbocycles. The van der Waals surface area contributed by atoms with E-state index in [2.05, 4.69) is 9.62 Å². The number of esters is 1. The van der Waals surface area contributed by atoms with E-state index in [0.29, 0.717) is 44.1 Å². The van der Waals surface area contributed by atoms with E-state index in [-0.39, 0.29) is 30.4 Å². The van der Waals surface area contributed by atoms with Crippen molar-refractivity contribution in [1.82, 2.24) is 9.62 Å². The van der Waals surface area contributed by atoms with E-state index in [1.807, 2.05) is 45.9 Å². The van der Waals surface area contributed by atoms with Gasteiger partial charge in [-0.25, -0.2) is 13.1 Å². The van der Waals surface area contributed by atoms with Crippen LogP contribution in [0.2, 0.25) is 0 Å². The monoisotopic (exact) mass is 621 g/mol. The van der Waals surface area contributed by atoms with Crippen molar-refractivity contribution in [3.63, 3.8) is 0 Å². The lowest BCUT2D eigenvalue weighted by atomic mass is 9.91. The Morgan fingerprint density at radius 2 is 1.81 bits per heavy atom. The number of methoxy groups -OCH3 is 2. The number of para-hydroxylation sites is 1. The first-order valence-electron chi connectivity index (χ1n) is 14.4. The van der Waals surface area contributed by atoms with Gasteiger partial charge in [0.25, 0.3) is 5.69 Å². The number of rotatable bonds is 17. The van der Waals surface area contributed by atoms with Gasteiger partial charge in [-0.1, -0.05) is 32.0 Å². The molecule has 13 heteroatoms. The minimum absolute atomic E-state index is 0.00720. The number of benzene rings is 2. The molecular weight excluding hydrogens is 578 g/mol. The van der Waals surface area contributed by atoms with Crippen LogP contribution < -0.4 is 14.2 Å². The number of nitro benzene ring substituents is 1. The van der Waals surface area contributed by atoms with Crippen LogP contribution in [0.5, 0.6) is 11.5 Å². The quantitative estimate of drug-likeness (QED) is 0.118. The Bertz CT molecular complexity index is 1350. The van der Waals surface area contributed by atoms with Gasteiger partial charge >= 0.3 is 5.97 Å². The summed E-state index contributed by atoms with van der Waals surface area (Å²) in [5.74, 6) is 0.419. The van der Waals surface area contributed by atoms with Crippen LogP contribution in [0.15, 0.2) is 47.4 Å². The summed E-state index contributed by atoms with van der Waals surface area (Å²) in [5, 5.41) is 11.6. The summed E-state index contributed by atoms with van der Waals surface area (Å²) in [6, 6.07) is 9.89. The van der Waals surface area contributed by atoms with Crippen molar-refractivity contribution < 1.29 is 37.1 Å². The van der Waals surface area contributed by atoms with Crippen LogP contribution in [-0.2, 0) is 30.8 Å². The number of carbonyl (C=O) groups excluding carboxylic acids is 1. The summed E-state index contributed by atoms with van der Waals surface area (Å²) in [7, 11) is -1.16. The highest BCUT2D eigenvalue weighted by molar-refractivity contribution is 7.89. The van der Waals surface area contributed by atoms with Gasteiger partial charge in [0.1, 0.15) is 6.10 Å². The van der Waals surface area contributed by atoms with Crippen LogP contribution in [-0.4, -0.2) is 76.4 Å². The van der Waals surface area contributed by atoms with Crippen molar-refractivity contribution in [3.05, 3.63) is 58.1 Å². The highest BCUT2D eigenvalue weighted by Crippen LogP contribution is 2.32. The molecule has 3 rings (SSSR count). The molecule has 238 valence electrons. The molecule has 43 heavy (non-hydrogen) atoms. The second-order valence-electron chi connectivity index (χ2n) is 11.2. The highest BCUT2D eigenvalue weighted by atomic mass is 32.2. The second-order valence-corrected chi connectivity index (χ2v) is 12.9. The van der Waals surface area contributed by atoms with Gasteiger partial charge < -0.3 is 18.9 Å². The number of carbonyl (C=O) groups is 1. The van der Waals surface area contributed by atoms with Gasteiger partial charge in [-0.2, -0.15) is 0 Å². The topological polar surface area (TPSA) is 147 Å². The molecule has 1 saturated heterocycles. The summed E-state index contributed by atoms with van der Waals surface area (Å²) < 4.78 is 52.0. The zero-order valence-electron chi connectivity index (χ0n) is 25.6. The van der Waals surface area contributed by atoms with Gasteiger partial charge in [0.2, 0.25) is 10.0 Å². The maximum atomic E-state index is 13.6. The molecule has 1 aliphatic rings. The first kappa shape index (κ1) is 34.2. The lowest BCUT2D eigenvalue weighted by Gasteiger charge is -2.33. The van der Waals surface area contributed by atoms with Crippen molar-refractivity contribution in [2.45, 2.75) is 70.2 Å². The number of hydrogen-bond acceptors (Lipinski definition) is 10. The molecule has 0 unspecified atom stereocenters. The average Bonchev–Trinajstić information content (AvgIpc) is 3.36. The summed E-state index contributed by atoms with van der Waals surface area (Å²) in [4.78, 5) is 25.2. The average molecular weight is 622 g/mol. The lowest BCUT2D eigenvalue weighted by molar-refractivity contribution is -0.387. The van der Waals surface area contributed by atoms with Crippen LogP contribution in [0.4, 0.5) is 5.69 Å². The van der Waals surface area contributed by atoms with Crippen molar-refractivity contribution >= 4 is 21.7 Å². The molecule has 0 spiro atoms. The summed E-state index contributed by atoms with van der Waals surface area (Å²) >= 11 is 0. The molecular formula is C30H43N3O9S. The summed E-state index contributed by atoms with van der Waals surface area (Å²) in [5.41, 5.74) is 0.370. The Hall–Kier alpha value is -3.26. The van der Waals surface area contributed by atoms with Crippen molar-refractivity contribution in [2.75, 3.05) is 34.0 Å². The number of nitro groups is 1. The van der Waals surface area contributed by atoms with Crippen LogP contribution in [0.1, 0.15) is 46.1 Å². The Labute approximate surface area is 253 Å². The number of ether oxygens (including phenoxy) is 4. The molecule has 1 fully saturated rings. The SMILES string of the molecule is COCCCOc1cc(CN(C[C@H](NS(=O)(=O)c2ccccc2[N+](=O)[O-])[C@@H]2C[C@@H](C(C)C)C(=O)O2)C(C)C)ccc1OC. The van der Waals surface area contributed by atoms with Crippen molar-refractivity contribution in [1.29, 1.82) is 0 Å². The largest absolute Gasteiger partial charge is 0.493 e. The van der Waals surface area contributed by atoms with Crippen LogP contribution in [0.3, 0.4) is 0 Å². The predicted molar refractivity (Wildman–Crippen MR) is 161 cm³/mol. The molecule has 0 bridgehead atoms. The molecule has 1 aliphatic heterocycles. The second kappa shape index (κ2) is 15.5. The van der Waals surface area contributed by atoms with Crippen molar-refractivity contribution in [3.8, 4) is 11.5 Å². The number of hydrogen-bond donors (Lipinski definition) is 1. The molecule has 12 nitrogen and oxygen atoms in total. The van der Waals surface area contributed by atoms with Crippen LogP contribution in [0, 0.1) is 22.0 Å². The van der Waals surface area contributed by atoms with Gasteiger partial charge in [-0.15, -0.1) is 0 Å². The maximum Gasteiger partial charge on any atom is 0.309 e. The third-order valence-electron chi connectivity index (χ3n) is 7.49. The molecule has 2 aromatic carbocycles. The van der Waals surface area contributed by atoms with Crippen molar-refractivity contribution in [2.24, 2.45) is 11.8 Å². The first-order chi connectivity index (χ1) is 20.4. The molecule has 2 aromatic rings. The van der Waals surface area contributed by atoms with Crippen LogP contribution in [0.25, 0.3) is 0 Å². The lowest BCUT2D eigenvalue weighted by Crippen LogP contribution is -2.51. The molecule has 1 N–H and O–H groups in total. The summed E-state index contributed by atoms with van der Waals surface area (Å²) in [6.07, 6.45) is 0.282. The fraction of sp³-hybridized carbons (Fsp3) is 0.567. The fourth-order valence-electron chi connectivity index (χ4n) is 5.01. The minimum atomic E-state index is -4.36. The smallest absolute Gasteiger partial charge is 0.309 e. The first-order valence-corrected chi connectivity index (χ1v) is 15.8. The predicted octanol–water partition coefficient (Wildman–Crippen LogP) is 4.16. The normalized spacial score (nSPS) is 17.8. The zero-order valence-corrected chi connectivity index (χ0v) is 26.5. The van der Waals surface area contributed by atoms with Gasteiger partial charge in [-0.05, 0) is 49.9 Å². The van der Waals surface area contributed by atoms with E-state index in [0.717, 1.165) is 11.6 Å². The van der Waals surface area contributed by atoms with E-state index in [4.69, 9.17) is 18.9 Å². The van der Waals surface area contributed by atoms with E-state index in [9.17, 15) is 23.3 Å². The molecule has 0 aromatic heterocycles. The fourth-order valence-corrected chi connectivity index (χ4v) is 6.44. The molecule has 3 atom stereocenters. The number of nitrogens with zero attached hydrogens (tertiary/aromatic N) is 2. The van der Waals surface area contributed by atoms with E-state index < -0.39 is 37.7 Å². The van der Waals surface area contributed by atoms with E-state index in [1.165, 1.54) is 18.2 Å². The third kappa shape index (κ3) is 9.12.